The highest BCUT2D eigenvalue weighted by Gasteiger charge is 2.82. The van der Waals surface area contributed by atoms with Gasteiger partial charge in [0.15, 0.2) is 31.5 Å². The van der Waals surface area contributed by atoms with Gasteiger partial charge >= 0.3 is 5.97 Å². The van der Waals surface area contributed by atoms with Crippen molar-refractivity contribution in [2.75, 3.05) is 26.4 Å². The zero-order valence-electron chi connectivity index (χ0n) is 50.4. The number of carbonyl (C=O) groups is 1. The minimum absolute atomic E-state index is 0.0225. The molecule has 0 aromatic carbocycles. The highest BCUT2D eigenvalue weighted by molar-refractivity contribution is 5.86. The number of carboxylic acid groups (broad SMARTS) is 1. The number of allylic oxidation sites excluding steroid dienone is 3. The Kier molecular flexibility index (Phi) is 20.0. The molecule has 0 bridgehead atoms. The maximum atomic E-state index is 12.2. The molecular weight excluding hydrogens is 1150 g/mol. The van der Waals surface area contributed by atoms with Crippen LogP contribution in [-0.4, -0.2) is 274 Å². The molecule has 0 amide bonds. The number of hydrogen-bond donors (Lipinski definition) is 16. The lowest BCUT2D eigenvalue weighted by Gasteiger charge is -2.63. The number of ether oxygens (including phenoxy) is 10. The quantitative estimate of drug-likeness (QED) is 0.0373. The number of aliphatic hydroxyl groups excluding tert-OH is 15. The summed E-state index contributed by atoms with van der Waals surface area (Å²) in [5.41, 5.74) is -0.178. The van der Waals surface area contributed by atoms with E-state index in [1.54, 1.807) is 13.0 Å². The summed E-state index contributed by atoms with van der Waals surface area (Å²) in [5.74, 6) is 0.283. The molecule has 5 saturated heterocycles. The molecule has 5 aliphatic carbocycles. The van der Waals surface area contributed by atoms with E-state index in [0.29, 0.717) is 18.3 Å². The first-order valence-corrected chi connectivity index (χ1v) is 31.1. The molecule has 27 nitrogen and oxygen atoms in total. The molecule has 10 aliphatic rings. The van der Waals surface area contributed by atoms with Gasteiger partial charge in [0.25, 0.3) is 0 Å². The van der Waals surface area contributed by atoms with Crippen LogP contribution in [0.1, 0.15) is 106 Å². The van der Waals surface area contributed by atoms with Crippen molar-refractivity contribution in [2.45, 2.75) is 266 Å². The maximum Gasteiger partial charge on any atom is 0.331 e. The fourth-order valence-corrected chi connectivity index (χ4v) is 18.1. The third-order valence-electron chi connectivity index (χ3n) is 23.4. The van der Waals surface area contributed by atoms with E-state index >= 15 is 0 Å². The minimum Gasteiger partial charge on any atom is -0.478 e. The van der Waals surface area contributed by atoms with Gasteiger partial charge in [0, 0.05) is 5.57 Å². The lowest BCUT2D eigenvalue weighted by molar-refractivity contribution is -0.412. The van der Waals surface area contributed by atoms with Crippen molar-refractivity contribution in [3.05, 3.63) is 23.8 Å². The average Bonchev–Trinajstić information content (AvgIpc) is 1.47. The first-order chi connectivity index (χ1) is 41.0. The Morgan fingerprint density at radius 3 is 1.66 bits per heavy atom. The van der Waals surface area contributed by atoms with Crippen molar-refractivity contribution in [1.82, 2.24) is 0 Å². The van der Waals surface area contributed by atoms with Gasteiger partial charge in [-0.2, -0.15) is 0 Å². The second kappa shape index (κ2) is 25.7. The SMILES string of the molecule is C/C(=C\C=C\[C@@H](C)[C@@H]1CC[C@@]2(C)[C@@H]3CC[C@H]4C(C)(C)[C@@H](O[C@@H]5O[C@H](CO)[C@@H](O)[C@H](O[C@@H]6O[C@H](CO)[C@@H](O)[C@H](O)[C@H]6O)[C@H]5O[C@@H]5O[C@H](CO[C@@H]6O[C@H](CO)[C@@H](O)[C@H](O)[C@H]6O)[C@@H](O)[C@H](O)[C@H]5O[C@@H]5O[C@@H](C)[C@H](O)[C@@H](O)[C@H]5O)CC[C@@]45C[C@@]35CC[C@]12C)C(=O)O. The van der Waals surface area contributed by atoms with E-state index in [2.05, 4.69) is 40.7 Å². The van der Waals surface area contributed by atoms with Gasteiger partial charge < -0.3 is 129 Å². The van der Waals surface area contributed by atoms with Gasteiger partial charge in [-0.15, -0.1) is 0 Å². The molecule has 5 heterocycles. The van der Waals surface area contributed by atoms with Gasteiger partial charge in [0.1, 0.15) is 116 Å². The minimum atomic E-state index is -2.12. The maximum absolute atomic E-state index is 12.2. The molecule has 34 atom stereocenters. The third-order valence-corrected chi connectivity index (χ3v) is 23.4. The summed E-state index contributed by atoms with van der Waals surface area (Å²) in [7, 11) is 0. The highest BCUT2D eigenvalue weighted by atomic mass is 16.8. The molecular formula is C60H96O27. The molecule has 16 N–H and O–H groups in total. The molecule has 10 rings (SSSR count). The third kappa shape index (κ3) is 11.5. The Bertz CT molecular complexity index is 2430. The highest BCUT2D eigenvalue weighted by Crippen LogP contribution is 2.89. The Morgan fingerprint density at radius 2 is 1.02 bits per heavy atom. The molecule has 10 fully saturated rings. The van der Waals surface area contributed by atoms with Crippen LogP contribution in [0.15, 0.2) is 23.8 Å². The molecule has 2 spiro atoms. The molecule has 0 aromatic rings. The first-order valence-electron chi connectivity index (χ1n) is 31.1. The molecule has 498 valence electrons. The summed E-state index contributed by atoms with van der Waals surface area (Å²) in [6.07, 6.45) is -31.6. The van der Waals surface area contributed by atoms with Crippen LogP contribution in [0, 0.1) is 50.7 Å². The Morgan fingerprint density at radius 1 is 0.517 bits per heavy atom. The molecule has 0 radical (unpaired) electrons. The van der Waals surface area contributed by atoms with Crippen molar-refractivity contribution in [3.63, 3.8) is 0 Å². The second-order valence-electron chi connectivity index (χ2n) is 28.0. The molecule has 5 saturated carbocycles. The zero-order valence-corrected chi connectivity index (χ0v) is 50.4. The van der Waals surface area contributed by atoms with Crippen molar-refractivity contribution < 1.29 is 134 Å². The van der Waals surface area contributed by atoms with E-state index in [1.165, 1.54) is 6.92 Å². The largest absolute Gasteiger partial charge is 0.478 e. The summed E-state index contributed by atoms with van der Waals surface area (Å²) >= 11 is 0. The predicted octanol–water partition coefficient (Wildman–Crippen LogP) is -2.84. The van der Waals surface area contributed by atoms with Crippen LogP contribution in [-0.2, 0) is 52.2 Å². The molecule has 5 aliphatic heterocycles. The summed E-state index contributed by atoms with van der Waals surface area (Å²) in [6, 6.07) is 0. The monoisotopic (exact) mass is 1250 g/mol. The van der Waals surface area contributed by atoms with Gasteiger partial charge in [-0.05, 0) is 122 Å². The fourth-order valence-electron chi connectivity index (χ4n) is 18.1. The van der Waals surface area contributed by atoms with Crippen molar-refractivity contribution in [1.29, 1.82) is 0 Å². The lowest BCUT2D eigenvalue weighted by atomic mass is 9.42. The predicted molar refractivity (Wildman–Crippen MR) is 294 cm³/mol. The summed E-state index contributed by atoms with van der Waals surface area (Å²) < 4.78 is 62.0. The van der Waals surface area contributed by atoms with Crippen LogP contribution in [0.5, 0.6) is 0 Å². The number of fused-ring (bicyclic) bond motifs is 2. The summed E-state index contributed by atoms with van der Waals surface area (Å²) in [5, 5.41) is 174. The van der Waals surface area contributed by atoms with Crippen LogP contribution >= 0.6 is 0 Å². The van der Waals surface area contributed by atoms with E-state index in [0.717, 1.165) is 51.4 Å². The van der Waals surface area contributed by atoms with Crippen LogP contribution < -0.4 is 0 Å². The van der Waals surface area contributed by atoms with E-state index in [-0.39, 0.29) is 39.1 Å². The van der Waals surface area contributed by atoms with Crippen LogP contribution in [0.4, 0.5) is 0 Å². The van der Waals surface area contributed by atoms with Crippen molar-refractivity contribution in [3.8, 4) is 0 Å². The number of aliphatic carboxylic acids is 1. The van der Waals surface area contributed by atoms with Crippen molar-refractivity contribution >= 4 is 5.97 Å². The van der Waals surface area contributed by atoms with E-state index < -0.39 is 197 Å². The number of rotatable bonds is 18. The Labute approximate surface area is 505 Å². The first kappa shape index (κ1) is 67.8. The summed E-state index contributed by atoms with van der Waals surface area (Å²) in [6.45, 7) is 11.2. The number of aliphatic hydroxyl groups is 15. The standard InChI is InChI=1S/C60H96O27/c1-24(9-8-10-25(2)50(76)77)27-13-15-58(7)33-12-11-32-56(4,5)34(14-16-59(32)23-60(33,59)18-17-57(27,58)6)84-55-49(47(39(68)30(21-63)82-55)85-53-46(75)42(71)37(66)29(20-62)81-53)87-54-48(86-52-45(74)40(69)35(64)26(3)79-52)43(72)38(67)31(83-54)22-78-51-44(73)41(70)36(65)28(19-61)80-51/h8-10,24,26-49,51-55,61-75H,11-23H2,1-7H3,(H,76,77)/b9-8+,25-10+/t24-,26+,27+,28-,29-,30-,31-,32+,33+,34+,35+,36-,37-,38-,39-,40-,41+,42+,43+,44-,45-,46-,47+,48-,49-,51-,52+,53+,54+,55+,57-,58+,59-,60+/m1/s1. The van der Waals surface area contributed by atoms with Gasteiger partial charge in [0.05, 0.1) is 38.6 Å². The second-order valence-corrected chi connectivity index (χ2v) is 28.0. The average molecular weight is 1250 g/mol. The molecule has 27 heteroatoms. The van der Waals surface area contributed by atoms with Crippen molar-refractivity contribution in [2.24, 2.45) is 50.7 Å². The van der Waals surface area contributed by atoms with Crippen LogP contribution in [0.3, 0.4) is 0 Å². The Balaban J connectivity index is 0.958. The van der Waals surface area contributed by atoms with E-state index in [1.807, 2.05) is 6.08 Å². The van der Waals surface area contributed by atoms with E-state index in [4.69, 9.17) is 47.4 Å². The normalized spacial score (nSPS) is 53.6. The molecule has 0 aromatic heterocycles. The fraction of sp³-hybridized carbons (Fsp3) is 0.917. The summed E-state index contributed by atoms with van der Waals surface area (Å²) in [4.78, 5) is 11.5. The van der Waals surface area contributed by atoms with Crippen LogP contribution in [0.2, 0.25) is 0 Å². The number of carboxylic acids is 1. The van der Waals surface area contributed by atoms with Gasteiger partial charge in [0.2, 0.25) is 0 Å². The van der Waals surface area contributed by atoms with Gasteiger partial charge in [-0.25, -0.2) is 4.79 Å². The Hall–Kier alpha value is -2.05. The number of hydrogen-bond acceptors (Lipinski definition) is 26. The van der Waals surface area contributed by atoms with E-state index in [9.17, 15) is 86.5 Å². The molecule has 87 heavy (non-hydrogen) atoms. The zero-order chi connectivity index (χ0) is 63.4. The van der Waals surface area contributed by atoms with Crippen LogP contribution in [0.25, 0.3) is 0 Å². The topological polar surface area (TPSA) is 433 Å². The smallest absolute Gasteiger partial charge is 0.331 e. The van der Waals surface area contributed by atoms with Gasteiger partial charge in [-0.1, -0.05) is 52.8 Å². The van der Waals surface area contributed by atoms with Gasteiger partial charge in [-0.3, -0.25) is 0 Å². The molecule has 0 unspecified atom stereocenters. The lowest BCUT2D eigenvalue weighted by Crippen LogP contribution is -2.69.